The Labute approximate surface area is 155 Å². The molecule has 1 aromatic rings. The lowest BCUT2D eigenvalue weighted by Crippen LogP contribution is -2.34. The lowest BCUT2D eigenvalue weighted by molar-refractivity contribution is -0.137. The number of sulfonamides is 1. The standard InChI is InChI=1S/C18H19F3N2O3S/c1-17(2,3)23(24)12-13-6-4-5-7-16(13)22-27(25,26)15-10-8-14(9-11-15)18(19,20)21/h4-12,24H,1-3H3/b13-12+,22-16-. The summed E-state index contributed by atoms with van der Waals surface area (Å²) in [7, 11) is -4.23. The van der Waals surface area contributed by atoms with E-state index in [-0.39, 0.29) is 10.6 Å². The summed E-state index contributed by atoms with van der Waals surface area (Å²) in [4.78, 5) is -0.359. The molecule has 27 heavy (non-hydrogen) atoms. The average molecular weight is 400 g/mol. The summed E-state index contributed by atoms with van der Waals surface area (Å²) in [6.07, 6.45) is 2.99. The molecule has 0 aromatic heterocycles. The molecule has 0 radical (unpaired) electrons. The van der Waals surface area contributed by atoms with Crippen molar-refractivity contribution in [2.75, 3.05) is 0 Å². The molecule has 9 heteroatoms. The molecule has 1 aliphatic rings. The van der Waals surface area contributed by atoms with Crippen molar-refractivity contribution >= 4 is 15.7 Å². The molecular weight excluding hydrogens is 381 g/mol. The fraction of sp³-hybridized carbons (Fsp3) is 0.278. The highest BCUT2D eigenvalue weighted by Crippen LogP contribution is 2.30. The van der Waals surface area contributed by atoms with Crippen LogP contribution < -0.4 is 0 Å². The molecule has 1 aliphatic carbocycles. The van der Waals surface area contributed by atoms with E-state index in [0.717, 1.165) is 17.2 Å². The Hall–Kier alpha value is -2.39. The minimum atomic E-state index is -4.56. The van der Waals surface area contributed by atoms with Crippen LogP contribution in [0.15, 0.2) is 69.6 Å². The van der Waals surface area contributed by atoms with Crippen LogP contribution in [0.25, 0.3) is 0 Å². The van der Waals surface area contributed by atoms with Crippen LogP contribution in [0.2, 0.25) is 0 Å². The van der Waals surface area contributed by atoms with Gasteiger partial charge in [-0.1, -0.05) is 18.2 Å². The Kier molecular flexibility index (Phi) is 5.67. The highest BCUT2D eigenvalue weighted by Gasteiger charge is 2.30. The molecular formula is C18H19F3N2O3S. The zero-order valence-corrected chi connectivity index (χ0v) is 15.7. The third-order valence-corrected chi connectivity index (χ3v) is 4.89. The van der Waals surface area contributed by atoms with E-state index in [1.807, 2.05) is 0 Å². The number of hydroxylamine groups is 2. The van der Waals surface area contributed by atoms with Crippen molar-refractivity contribution in [1.29, 1.82) is 0 Å². The van der Waals surface area contributed by atoms with Gasteiger partial charge in [0.1, 0.15) is 0 Å². The Morgan fingerprint density at radius 1 is 1.04 bits per heavy atom. The quantitative estimate of drug-likeness (QED) is 0.767. The number of rotatable bonds is 3. The van der Waals surface area contributed by atoms with Crippen LogP contribution in [-0.2, 0) is 16.2 Å². The van der Waals surface area contributed by atoms with Crippen molar-refractivity contribution < 1.29 is 26.8 Å². The summed E-state index contributed by atoms with van der Waals surface area (Å²) in [5, 5.41) is 11.0. The topological polar surface area (TPSA) is 70.0 Å². The number of alkyl halides is 3. The van der Waals surface area contributed by atoms with E-state index in [1.54, 1.807) is 39.0 Å². The average Bonchev–Trinajstić information content (AvgIpc) is 2.55. The van der Waals surface area contributed by atoms with Gasteiger partial charge in [-0.15, -0.1) is 0 Å². The van der Waals surface area contributed by atoms with Crippen LogP contribution in [0.5, 0.6) is 0 Å². The van der Waals surface area contributed by atoms with Crippen molar-refractivity contribution in [2.24, 2.45) is 4.40 Å². The molecule has 0 fully saturated rings. The molecule has 0 unspecified atom stereocenters. The lowest BCUT2D eigenvalue weighted by Gasteiger charge is -2.29. The fourth-order valence-electron chi connectivity index (χ4n) is 2.00. The molecule has 0 amide bonds. The molecule has 1 N–H and O–H groups in total. The second-order valence-electron chi connectivity index (χ2n) is 6.79. The number of allylic oxidation sites excluding steroid dienone is 5. The van der Waals surface area contributed by atoms with Gasteiger partial charge in [0.2, 0.25) is 0 Å². The molecule has 0 heterocycles. The number of hydrogen-bond acceptors (Lipinski definition) is 4. The monoisotopic (exact) mass is 400 g/mol. The normalized spacial score (nSPS) is 18.3. The molecule has 0 spiro atoms. The molecule has 146 valence electrons. The number of halogens is 3. The second kappa shape index (κ2) is 7.32. The Balaban J connectivity index is 2.40. The smallest absolute Gasteiger partial charge is 0.288 e. The van der Waals surface area contributed by atoms with Gasteiger partial charge >= 0.3 is 6.18 Å². The van der Waals surface area contributed by atoms with E-state index >= 15 is 0 Å². The van der Waals surface area contributed by atoms with E-state index in [9.17, 15) is 26.8 Å². The highest BCUT2D eigenvalue weighted by molar-refractivity contribution is 7.90. The number of nitrogens with zero attached hydrogens (tertiary/aromatic N) is 2. The predicted molar refractivity (Wildman–Crippen MR) is 95.8 cm³/mol. The highest BCUT2D eigenvalue weighted by atomic mass is 32.2. The van der Waals surface area contributed by atoms with Gasteiger partial charge in [0, 0.05) is 11.8 Å². The summed E-state index contributed by atoms with van der Waals surface area (Å²) in [6.45, 7) is 5.26. The van der Waals surface area contributed by atoms with Crippen LogP contribution in [0.4, 0.5) is 13.2 Å². The first kappa shape index (κ1) is 20.9. The molecule has 5 nitrogen and oxygen atoms in total. The molecule has 0 saturated heterocycles. The number of benzene rings is 1. The first-order chi connectivity index (χ1) is 12.3. The van der Waals surface area contributed by atoms with E-state index in [1.165, 1.54) is 12.3 Å². The van der Waals surface area contributed by atoms with Crippen molar-refractivity contribution in [1.82, 2.24) is 5.06 Å². The minimum Gasteiger partial charge on any atom is -0.288 e. The van der Waals surface area contributed by atoms with Gasteiger partial charge in [0.05, 0.1) is 21.7 Å². The van der Waals surface area contributed by atoms with E-state index in [2.05, 4.69) is 4.40 Å². The van der Waals surface area contributed by atoms with Crippen molar-refractivity contribution in [3.63, 3.8) is 0 Å². The van der Waals surface area contributed by atoms with E-state index in [4.69, 9.17) is 0 Å². The molecule has 1 aromatic carbocycles. The third-order valence-electron chi connectivity index (χ3n) is 3.58. The van der Waals surface area contributed by atoms with Crippen LogP contribution in [0, 0.1) is 0 Å². The zero-order valence-electron chi connectivity index (χ0n) is 14.9. The maximum atomic E-state index is 12.6. The van der Waals surface area contributed by atoms with Crippen LogP contribution in [0.1, 0.15) is 26.3 Å². The zero-order chi connectivity index (χ0) is 20.5. The summed E-state index contributed by atoms with van der Waals surface area (Å²) >= 11 is 0. The first-order valence-corrected chi connectivity index (χ1v) is 9.32. The van der Waals surface area contributed by atoms with Crippen molar-refractivity contribution in [3.05, 3.63) is 65.9 Å². The van der Waals surface area contributed by atoms with Gasteiger partial charge in [-0.05, 0) is 51.1 Å². The Bertz CT molecular complexity index is 920. The summed E-state index contributed by atoms with van der Waals surface area (Å²) in [5.74, 6) is 0. The first-order valence-electron chi connectivity index (χ1n) is 7.88. The Morgan fingerprint density at radius 2 is 1.59 bits per heavy atom. The van der Waals surface area contributed by atoms with Gasteiger partial charge in [-0.2, -0.15) is 26.0 Å². The van der Waals surface area contributed by atoms with E-state index < -0.39 is 27.3 Å². The largest absolute Gasteiger partial charge is 0.416 e. The predicted octanol–water partition coefficient (Wildman–Crippen LogP) is 4.33. The van der Waals surface area contributed by atoms with Crippen LogP contribution in [0.3, 0.4) is 0 Å². The van der Waals surface area contributed by atoms with Crippen LogP contribution in [-0.4, -0.2) is 29.9 Å². The molecule has 0 bridgehead atoms. The van der Waals surface area contributed by atoms with Gasteiger partial charge < -0.3 is 0 Å². The van der Waals surface area contributed by atoms with Gasteiger partial charge in [-0.25, -0.2) is 0 Å². The fourth-order valence-corrected chi connectivity index (χ4v) is 3.01. The third kappa shape index (κ3) is 5.30. The van der Waals surface area contributed by atoms with Crippen molar-refractivity contribution in [3.8, 4) is 0 Å². The van der Waals surface area contributed by atoms with Gasteiger partial charge in [0.15, 0.2) is 0 Å². The van der Waals surface area contributed by atoms with Crippen LogP contribution >= 0.6 is 0 Å². The summed E-state index contributed by atoms with van der Waals surface area (Å²) in [6, 6.07) is 3.11. The van der Waals surface area contributed by atoms with Gasteiger partial charge in [-0.3, -0.25) is 10.3 Å². The van der Waals surface area contributed by atoms with Gasteiger partial charge in [0.25, 0.3) is 10.0 Å². The Morgan fingerprint density at radius 3 is 2.11 bits per heavy atom. The molecule has 0 atom stereocenters. The molecule has 2 rings (SSSR count). The minimum absolute atomic E-state index is 0.0562. The SMILES string of the molecule is CC(C)(C)N(O)/C=C1\C=CC=C\C1=N\S(=O)(=O)c1ccc(C(F)(F)F)cc1. The van der Waals surface area contributed by atoms with Crippen molar-refractivity contribution in [2.45, 2.75) is 37.4 Å². The maximum Gasteiger partial charge on any atom is 0.416 e. The number of hydrogen-bond donors (Lipinski definition) is 1. The summed E-state index contributed by atoms with van der Waals surface area (Å²) in [5.41, 5.74) is -1.18. The maximum absolute atomic E-state index is 12.6. The molecule has 0 saturated carbocycles. The van der Waals surface area contributed by atoms with E-state index in [0.29, 0.717) is 17.7 Å². The second-order valence-corrected chi connectivity index (χ2v) is 8.40. The summed E-state index contributed by atoms with van der Waals surface area (Å²) < 4.78 is 66.5. The lowest BCUT2D eigenvalue weighted by atomic mass is 10.1. The molecule has 0 aliphatic heterocycles.